The van der Waals surface area contributed by atoms with Crippen LogP contribution in [0.15, 0.2) is 0 Å². The third-order valence-electron chi connectivity index (χ3n) is 2.96. The van der Waals surface area contributed by atoms with Crippen molar-refractivity contribution in [3.05, 3.63) is 0 Å². The number of hydrogen-bond acceptors (Lipinski definition) is 1. The highest BCUT2D eigenvalue weighted by atomic mass is 35.5. The molecule has 0 N–H and O–H groups in total. The van der Waals surface area contributed by atoms with E-state index in [1.807, 2.05) is 6.92 Å². The smallest absolute Gasteiger partial charge is 0.120 e. The van der Waals surface area contributed by atoms with Gasteiger partial charge in [0.05, 0.1) is 0 Å². The van der Waals surface area contributed by atoms with Gasteiger partial charge in [-0.2, -0.15) is 0 Å². The van der Waals surface area contributed by atoms with E-state index in [1.54, 1.807) is 0 Å². The zero-order valence-electron chi connectivity index (χ0n) is 11.4. The first-order valence-corrected chi connectivity index (χ1v) is 7.83. The first kappa shape index (κ1) is 17.5. The van der Waals surface area contributed by atoms with Gasteiger partial charge in [-0.3, -0.25) is 0 Å². The number of hydrogen-bond donors (Lipinski definition) is 0. The minimum Gasteiger partial charge on any atom is -0.382 e. The van der Waals surface area contributed by atoms with Crippen molar-refractivity contribution < 1.29 is 4.74 Å². The lowest BCUT2D eigenvalue weighted by atomic mass is 10.1. The van der Waals surface area contributed by atoms with Gasteiger partial charge in [0.1, 0.15) is 4.33 Å². The molecule has 0 spiro atoms. The molecule has 0 bridgehead atoms. The Morgan fingerprint density at radius 2 is 1.41 bits per heavy atom. The molecule has 0 heterocycles. The van der Waals surface area contributed by atoms with Crippen LogP contribution in [0.25, 0.3) is 0 Å². The van der Waals surface area contributed by atoms with Gasteiger partial charge in [0.15, 0.2) is 0 Å². The van der Waals surface area contributed by atoms with Crippen LogP contribution in [0.4, 0.5) is 0 Å². The molecule has 0 unspecified atom stereocenters. The van der Waals surface area contributed by atoms with Gasteiger partial charge >= 0.3 is 0 Å². The molecule has 0 aliphatic heterocycles. The molecular weight excluding hydrogens is 255 g/mol. The van der Waals surface area contributed by atoms with E-state index in [9.17, 15) is 0 Å². The SMILES string of the molecule is CCCCCCCCCC(Cl)(Cl)CCOCC. The second-order valence-corrected chi connectivity index (χ2v) is 6.31. The lowest BCUT2D eigenvalue weighted by Gasteiger charge is -2.19. The molecule has 0 amide bonds. The Kier molecular flexibility index (Phi) is 12.0. The first-order valence-electron chi connectivity index (χ1n) is 7.08. The van der Waals surface area contributed by atoms with E-state index in [0.29, 0.717) is 6.61 Å². The maximum absolute atomic E-state index is 6.22. The maximum atomic E-state index is 6.22. The van der Waals surface area contributed by atoms with Crippen molar-refractivity contribution in [2.24, 2.45) is 0 Å². The zero-order valence-corrected chi connectivity index (χ0v) is 13.0. The summed E-state index contributed by atoms with van der Waals surface area (Å²) >= 11 is 12.4. The van der Waals surface area contributed by atoms with E-state index in [2.05, 4.69) is 6.92 Å². The van der Waals surface area contributed by atoms with Crippen molar-refractivity contribution in [1.82, 2.24) is 0 Å². The Balaban J connectivity index is 3.32. The predicted octanol–water partition coefficient (Wildman–Crippen LogP) is 5.73. The molecule has 0 atom stereocenters. The van der Waals surface area contributed by atoms with E-state index < -0.39 is 4.33 Å². The summed E-state index contributed by atoms with van der Waals surface area (Å²) in [4.78, 5) is 0. The quantitative estimate of drug-likeness (QED) is 0.328. The molecule has 0 saturated heterocycles. The van der Waals surface area contributed by atoms with Crippen LogP contribution >= 0.6 is 23.2 Å². The third-order valence-corrected chi connectivity index (χ3v) is 3.72. The van der Waals surface area contributed by atoms with E-state index in [-0.39, 0.29) is 0 Å². The normalized spacial score (nSPS) is 12.0. The van der Waals surface area contributed by atoms with Crippen LogP contribution in [-0.2, 0) is 4.74 Å². The van der Waals surface area contributed by atoms with Gasteiger partial charge in [0.25, 0.3) is 0 Å². The molecule has 0 radical (unpaired) electrons. The van der Waals surface area contributed by atoms with Crippen molar-refractivity contribution in [2.45, 2.75) is 76.0 Å². The summed E-state index contributed by atoms with van der Waals surface area (Å²) in [7, 11) is 0. The highest BCUT2D eigenvalue weighted by molar-refractivity contribution is 6.48. The van der Waals surface area contributed by atoms with Gasteiger partial charge in [-0.05, 0) is 13.3 Å². The predicted molar refractivity (Wildman–Crippen MR) is 78.2 cm³/mol. The van der Waals surface area contributed by atoms with E-state index >= 15 is 0 Å². The Hall–Kier alpha value is 0.540. The van der Waals surface area contributed by atoms with E-state index in [0.717, 1.165) is 25.9 Å². The molecule has 0 aromatic rings. The fraction of sp³-hybridized carbons (Fsp3) is 1.00. The molecule has 0 aromatic heterocycles. The summed E-state index contributed by atoms with van der Waals surface area (Å²) in [5, 5.41) is 0. The largest absolute Gasteiger partial charge is 0.382 e. The van der Waals surface area contributed by atoms with Gasteiger partial charge in [-0.15, -0.1) is 23.2 Å². The summed E-state index contributed by atoms with van der Waals surface area (Å²) in [5.74, 6) is 0. The second-order valence-electron chi connectivity index (χ2n) is 4.67. The van der Waals surface area contributed by atoms with Crippen LogP contribution in [-0.4, -0.2) is 17.5 Å². The van der Waals surface area contributed by atoms with Gasteiger partial charge < -0.3 is 4.74 Å². The van der Waals surface area contributed by atoms with Crippen LogP contribution < -0.4 is 0 Å². The monoisotopic (exact) mass is 282 g/mol. The van der Waals surface area contributed by atoms with Crippen LogP contribution in [0.3, 0.4) is 0 Å². The number of alkyl halides is 2. The average Bonchev–Trinajstić information content (AvgIpc) is 2.28. The molecule has 0 aliphatic rings. The summed E-state index contributed by atoms with van der Waals surface area (Å²) in [6.45, 7) is 5.63. The molecule has 1 nitrogen and oxygen atoms in total. The van der Waals surface area contributed by atoms with Crippen molar-refractivity contribution in [3.8, 4) is 0 Å². The molecule has 17 heavy (non-hydrogen) atoms. The van der Waals surface area contributed by atoms with E-state index in [4.69, 9.17) is 27.9 Å². The average molecular weight is 283 g/mol. The number of halogens is 2. The van der Waals surface area contributed by atoms with Gasteiger partial charge in [0, 0.05) is 19.6 Å². The molecule has 0 aliphatic carbocycles. The van der Waals surface area contributed by atoms with E-state index in [1.165, 1.54) is 38.5 Å². The molecular formula is C14H28Cl2O. The Labute approximate surface area is 117 Å². The maximum Gasteiger partial charge on any atom is 0.120 e. The zero-order chi connectivity index (χ0) is 13.0. The van der Waals surface area contributed by atoms with Crippen molar-refractivity contribution in [2.75, 3.05) is 13.2 Å². The first-order chi connectivity index (χ1) is 8.12. The van der Waals surface area contributed by atoms with Crippen molar-refractivity contribution in [1.29, 1.82) is 0 Å². The Morgan fingerprint density at radius 1 is 0.824 bits per heavy atom. The van der Waals surface area contributed by atoms with Crippen LogP contribution in [0.1, 0.15) is 71.6 Å². The molecule has 0 rings (SSSR count). The summed E-state index contributed by atoms with van der Waals surface area (Å²) < 4.78 is 4.69. The lowest BCUT2D eigenvalue weighted by Crippen LogP contribution is -2.15. The van der Waals surface area contributed by atoms with Crippen LogP contribution in [0, 0.1) is 0 Å². The summed E-state index contributed by atoms with van der Waals surface area (Å²) in [6.07, 6.45) is 10.7. The second kappa shape index (κ2) is 11.6. The minimum atomic E-state index is -0.585. The lowest BCUT2D eigenvalue weighted by molar-refractivity contribution is 0.141. The van der Waals surface area contributed by atoms with Gasteiger partial charge in [-0.1, -0.05) is 51.9 Å². The minimum absolute atomic E-state index is 0.585. The molecule has 0 fully saturated rings. The van der Waals surface area contributed by atoms with Crippen molar-refractivity contribution >= 4 is 23.2 Å². The standard InChI is InChI=1S/C14H28Cl2O/c1-3-5-6-7-8-9-10-11-14(15,16)12-13-17-4-2/h3-13H2,1-2H3. The fourth-order valence-electron chi connectivity index (χ4n) is 1.83. The number of rotatable bonds is 12. The molecule has 0 aromatic carbocycles. The molecule has 104 valence electrons. The fourth-order valence-corrected chi connectivity index (χ4v) is 2.25. The molecule has 3 heteroatoms. The third kappa shape index (κ3) is 12.8. The number of ether oxygens (including phenoxy) is 1. The van der Waals surface area contributed by atoms with Crippen LogP contribution in [0.5, 0.6) is 0 Å². The van der Waals surface area contributed by atoms with Crippen LogP contribution in [0.2, 0.25) is 0 Å². The Morgan fingerprint density at radius 3 is 2.00 bits per heavy atom. The topological polar surface area (TPSA) is 9.23 Å². The summed E-state index contributed by atoms with van der Waals surface area (Å²) in [6, 6.07) is 0. The highest BCUT2D eigenvalue weighted by Gasteiger charge is 2.22. The number of unbranched alkanes of at least 4 members (excludes halogenated alkanes) is 6. The van der Waals surface area contributed by atoms with Gasteiger partial charge in [0.2, 0.25) is 0 Å². The van der Waals surface area contributed by atoms with Crippen molar-refractivity contribution in [3.63, 3.8) is 0 Å². The Bertz CT molecular complexity index is 160. The van der Waals surface area contributed by atoms with Gasteiger partial charge in [-0.25, -0.2) is 0 Å². The molecule has 0 saturated carbocycles. The highest BCUT2D eigenvalue weighted by Crippen LogP contribution is 2.31. The summed E-state index contributed by atoms with van der Waals surface area (Å²) in [5.41, 5.74) is 0.